The summed E-state index contributed by atoms with van der Waals surface area (Å²) in [5.41, 5.74) is 2.07. The SMILES string of the molecule is COc1ccc(C)cc1N1C(=O)CC2NCCCC21. The van der Waals surface area contributed by atoms with Gasteiger partial charge in [-0.1, -0.05) is 6.07 Å². The van der Waals surface area contributed by atoms with Crippen LogP contribution in [0.3, 0.4) is 0 Å². The molecule has 2 heterocycles. The third-order valence-electron chi connectivity index (χ3n) is 4.14. The average Bonchev–Trinajstić information content (AvgIpc) is 2.74. The second-order valence-electron chi connectivity index (χ2n) is 5.41. The number of piperidine rings is 1. The van der Waals surface area contributed by atoms with E-state index in [1.807, 2.05) is 30.0 Å². The topological polar surface area (TPSA) is 41.6 Å². The van der Waals surface area contributed by atoms with E-state index in [1.54, 1.807) is 7.11 Å². The summed E-state index contributed by atoms with van der Waals surface area (Å²) >= 11 is 0. The van der Waals surface area contributed by atoms with E-state index in [9.17, 15) is 4.79 Å². The molecule has 2 aliphatic heterocycles. The Morgan fingerprint density at radius 1 is 1.42 bits per heavy atom. The summed E-state index contributed by atoms with van der Waals surface area (Å²) in [5, 5.41) is 3.46. The van der Waals surface area contributed by atoms with Crippen molar-refractivity contribution in [1.29, 1.82) is 0 Å². The summed E-state index contributed by atoms with van der Waals surface area (Å²) in [7, 11) is 1.66. The molecule has 0 aliphatic carbocycles. The van der Waals surface area contributed by atoms with Crippen LogP contribution < -0.4 is 15.0 Å². The largest absolute Gasteiger partial charge is 0.495 e. The summed E-state index contributed by atoms with van der Waals surface area (Å²) in [5.74, 6) is 0.985. The normalized spacial score (nSPS) is 26.4. The van der Waals surface area contributed by atoms with E-state index in [0.29, 0.717) is 12.5 Å². The highest BCUT2D eigenvalue weighted by atomic mass is 16.5. The van der Waals surface area contributed by atoms with Crippen molar-refractivity contribution in [3.8, 4) is 5.75 Å². The number of amides is 1. The molecule has 1 aromatic rings. The van der Waals surface area contributed by atoms with Gasteiger partial charge in [-0.2, -0.15) is 0 Å². The van der Waals surface area contributed by atoms with E-state index in [2.05, 4.69) is 5.32 Å². The highest BCUT2D eigenvalue weighted by Gasteiger charge is 2.42. The van der Waals surface area contributed by atoms with Crippen LogP contribution in [0.25, 0.3) is 0 Å². The molecule has 2 saturated heterocycles. The van der Waals surface area contributed by atoms with Crippen molar-refractivity contribution in [2.75, 3.05) is 18.6 Å². The van der Waals surface area contributed by atoms with E-state index in [4.69, 9.17) is 4.74 Å². The number of benzene rings is 1. The van der Waals surface area contributed by atoms with Crippen LogP contribution in [0.2, 0.25) is 0 Å². The molecule has 102 valence electrons. The van der Waals surface area contributed by atoms with Crippen molar-refractivity contribution in [3.63, 3.8) is 0 Å². The van der Waals surface area contributed by atoms with Gasteiger partial charge in [0.25, 0.3) is 0 Å². The first kappa shape index (κ1) is 12.5. The first-order chi connectivity index (χ1) is 9.20. The lowest BCUT2D eigenvalue weighted by atomic mass is 9.99. The second kappa shape index (κ2) is 4.85. The number of rotatable bonds is 2. The first-order valence-electron chi connectivity index (χ1n) is 6.91. The first-order valence-corrected chi connectivity index (χ1v) is 6.91. The molecule has 1 amide bonds. The minimum absolute atomic E-state index is 0.202. The Morgan fingerprint density at radius 3 is 3.05 bits per heavy atom. The Kier molecular flexibility index (Phi) is 3.19. The van der Waals surface area contributed by atoms with Crippen LogP contribution in [-0.4, -0.2) is 31.6 Å². The van der Waals surface area contributed by atoms with Crippen LogP contribution in [-0.2, 0) is 4.79 Å². The number of aryl methyl sites for hydroxylation is 1. The maximum Gasteiger partial charge on any atom is 0.229 e. The number of ether oxygens (including phenoxy) is 1. The molecule has 2 fully saturated rings. The molecule has 2 atom stereocenters. The van der Waals surface area contributed by atoms with Gasteiger partial charge >= 0.3 is 0 Å². The quantitative estimate of drug-likeness (QED) is 0.882. The van der Waals surface area contributed by atoms with Crippen LogP contribution in [0, 0.1) is 6.92 Å². The molecule has 0 radical (unpaired) electrons. The lowest BCUT2D eigenvalue weighted by molar-refractivity contribution is -0.117. The molecule has 0 saturated carbocycles. The minimum Gasteiger partial charge on any atom is -0.495 e. The maximum atomic E-state index is 12.4. The monoisotopic (exact) mass is 260 g/mol. The highest BCUT2D eigenvalue weighted by Crippen LogP contribution is 2.37. The molecule has 2 unspecified atom stereocenters. The van der Waals surface area contributed by atoms with Crippen LogP contribution in [0.15, 0.2) is 18.2 Å². The highest BCUT2D eigenvalue weighted by molar-refractivity contribution is 5.98. The van der Waals surface area contributed by atoms with Gasteiger partial charge in [0, 0.05) is 12.5 Å². The molecule has 1 aromatic carbocycles. The summed E-state index contributed by atoms with van der Waals surface area (Å²) in [6.45, 7) is 3.06. The molecule has 1 N–H and O–H groups in total. The Morgan fingerprint density at radius 2 is 2.26 bits per heavy atom. The van der Waals surface area contributed by atoms with E-state index in [0.717, 1.165) is 36.4 Å². The van der Waals surface area contributed by atoms with Crippen molar-refractivity contribution in [1.82, 2.24) is 5.32 Å². The van der Waals surface area contributed by atoms with Gasteiger partial charge in [0.2, 0.25) is 5.91 Å². The predicted molar refractivity (Wildman–Crippen MR) is 74.6 cm³/mol. The number of hydrogen-bond acceptors (Lipinski definition) is 3. The van der Waals surface area contributed by atoms with Crippen LogP contribution in [0.4, 0.5) is 5.69 Å². The van der Waals surface area contributed by atoms with Crippen molar-refractivity contribution in [3.05, 3.63) is 23.8 Å². The van der Waals surface area contributed by atoms with E-state index in [-0.39, 0.29) is 11.9 Å². The number of nitrogens with one attached hydrogen (secondary N) is 1. The van der Waals surface area contributed by atoms with E-state index < -0.39 is 0 Å². The lowest BCUT2D eigenvalue weighted by Gasteiger charge is -2.33. The van der Waals surface area contributed by atoms with E-state index >= 15 is 0 Å². The summed E-state index contributed by atoms with van der Waals surface area (Å²) < 4.78 is 5.43. The van der Waals surface area contributed by atoms with Gasteiger partial charge in [-0.05, 0) is 44.0 Å². The number of methoxy groups -OCH3 is 1. The third-order valence-corrected chi connectivity index (χ3v) is 4.14. The van der Waals surface area contributed by atoms with Crippen LogP contribution >= 0.6 is 0 Å². The summed E-state index contributed by atoms with van der Waals surface area (Å²) in [6.07, 6.45) is 2.79. The fourth-order valence-electron chi connectivity index (χ4n) is 3.23. The molecule has 0 spiro atoms. The van der Waals surface area contributed by atoms with E-state index in [1.165, 1.54) is 0 Å². The van der Waals surface area contributed by atoms with Gasteiger partial charge < -0.3 is 15.0 Å². The van der Waals surface area contributed by atoms with Gasteiger partial charge in [-0.3, -0.25) is 4.79 Å². The Bertz CT molecular complexity index is 501. The van der Waals surface area contributed by atoms with Crippen LogP contribution in [0.5, 0.6) is 5.75 Å². The van der Waals surface area contributed by atoms with Gasteiger partial charge in [-0.25, -0.2) is 0 Å². The Balaban J connectivity index is 2.00. The maximum absolute atomic E-state index is 12.4. The number of carbonyl (C=O) groups is 1. The molecule has 4 nitrogen and oxygen atoms in total. The zero-order chi connectivity index (χ0) is 13.4. The van der Waals surface area contributed by atoms with Gasteiger partial charge in [0.1, 0.15) is 5.75 Å². The Hall–Kier alpha value is -1.55. The summed E-state index contributed by atoms with van der Waals surface area (Å²) in [4.78, 5) is 14.3. The second-order valence-corrected chi connectivity index (χ2v) is 5.41. The smallest absolute Gasteiger partial charge is 0.229 e. The number of hydrogen-bond donors (Lipinski definition) is 1. The van der Waals surface area contributed by atoms with Gasteiger partial charge in [0.05, 0.1) is 18.8 Å². The molecule has 0 bridgehead atoms. The molecular formula is C15H20N2O2. The molecule has 0 aromatic heterocycles. The van der Waals surface area contributed by atoms with Gasteiger partial charge in [0.15, 0.2) is 0 Å². The standard InChI is InChI=1S/C15H20N2O2/c1-10-5-6-14(19-2)13(8-10)17-12-4-3-7-16-11(12)9-15(17)18/h5-6,8,11-12,16H,3-4,7,9H2,1-2H3. The van der Waals surface area contributed by atoms with Crippen molar-refractivity contribution in [2.24, 2.45) is 0 Å². The van der Waals surface area contributed by atoms with Gasteiger partial charge in [-0.15, -0.1) is 0 Å². The Labute approximate surface area is 113 Å². The van der Waals surface area contributed by atoms with Crippen molar-refractivity contribution < 1.29 is 9.53 Å². The number of carbonyl (C=O) groups excluding carboxylic acids is 1. The lowest BCUT2D eigenvalue weighted by Crippen LogP contribution is -2.47. The zero-order valence-electron chi connectivity index (χ0n) is 11.5. The third kappa shape index (κ3) is 2.10. The molecule has 3 rings (SSSR count). The number of anilines is 1. The fourth-order valence-corrected chi connectivity index (χ4v) is 3.23. The zero-order valence-corrected chi connectivity index (χ0v) is 11.5. The molecule has 19 heavy (non-hydrogen) atoms. The number of fused-ring (bicyclic) bond motifs is 1. The number of nitrogens with zero attached hydrogens (tertiary/aromatic N) is 1. The van der Waals surface area contributed by atoms with Crippen molar-refractivity contribution >= 4 is 11.6 Å². The molecule has 2 aliphatic rings. The minimum atomic E-state index is 0.202. The molecular weight excluding hydrogens is 240 g/mol. The fraction of sp³-hybridized carbons (Fsp3) is 0.533. The molecule has 4 heteroatoms. The van der Waals surface area contributed by atoms with Crippen LogP contribution in [0.1, 0.15) is 24.8 Å². The average molecular weight is 260 g/mol. The summed E-state index contributed by atoms with van der Waals surface area (Å²) in [6, 6.07) is 6.58. The van der Waals surface area contributed by atoms with Crippen molar-refractivity contribution in [2.45, 2.75) is 38.3 Å². The predicted octanol–water partition coefficient (Wildman–Crippen LogP) is 1.86.